The highest BCUT2D eigenvalue weighted by Gasteiger charge is 2.74. The van der Waals surface area contributed by atoms with Gasteiger partial charge in [0.15, 0.2) is 5.78 Å². The van der Waals surface area contributed by atoms with Gasteiger partial charge in [-0.2, -0.15) is 0 Å². The summed E-state index contributed by atoms with van der Waals surface area (Å²) in [6.45, 7) is 6.16. The molecule has 4 aliphatic carbocycles. The van der Waals surface area contributed by atoms with Crippen molar-refractivity contribution in [1.82, 2.24) is 0 Å². The van der Waals surface area contributed by atoms with Crippen molar-refractivity contribution in [2.75, 3.05) is 13.2 Å². The van der Waals surface area contributed by atoms with E-state index in [1.807, 2.05) is 6.92 Å². The molecule has 0 aromatic carbocycles. The van der Waals surface area contributed by atoms with Crippen LogP contribution in [0.3, 0.4) is 0 Å². The van der Waals surface area contributed by atoms with Gasteiger partial charge in [0.1, 0.15) is 12.7 Å². The lowest BCUT2D eigenvalue weighted by Gasteiger charge is -2.65. The minimum atomic E-state index is -1.53. The maximum Gasteiger partial charge on any atom is 0.309 e. The van der Waals surface area contributed by atoms with Crippen molar-refractivity contribution < 1.29 is 43.6 Å². The van der Waals surface area contributed by atoms with Gasteiger partial charge in [-0.1, -0.05) is 13.0 Å². The van der Waals surface area contributed by atoms with Crippen LogP contribution in [0.15, 0.2) is 12.2 Å². The quantitative estimate of drug-likeness (QED) is 0.435. The minimum absolute atomic E-state index is 0.151. The topological polar surface area (TPSA) is 136 Å². The number of fused-ring (bicyclic) bond motifs is 5. The van der Waals surface area contributed by atoms with Crippen LogP contribution in [0.25, 0.3) is 0 Å². The molecule has 9 nitrogen and oxygen atoms in total. The smallest absolute Gasteiger partial charge is 0.309 e. The van der Waals surface area contributed by atoms with E-state index in [0.717, 1.165) is 0 Å². The number of hydrogen-bond donors (Lipinski definition) is 2. The third-order valence-corrected chi connectivity index (χ3v) is 9.41. The molecule has 8 atom stereocenters. The molecule has 0 aromatic rings. The van der Waals surface area contributed by atoms with Gasteiger partial charge < -0.3 is 24.4 Å². The Morgan fingerprint density at radius 1 is 1.09 bits per heavy atom. The number of hydrogen-bond acceptors (Lipinski definition) is 9. The number of rotatable bonds is 5. The van der Waals surface area contributed by atoms with Crippen LogP contribution in [0.4, 0.5) is 0 Å². The number of allylic oxidation sites excluding steroid dienone is 1. The van der Waals surface area contributed by atoms with E-state index in [1.165, 1.54) is 19.9 Å². The molecule has 9 heteroatoms. The van der Waals surface area contributed by atoms with E-state index >= 15 is 0 Å². The Hall–Kier alpha value is -2.26. The molecule has 0 radical (unpaired) electrons. The monoisotopic (exact) mass is 492 g/mol. The van der Waals surface area contributed by atoms with Crippen LogP contribution in [0, 0.1) is 28.6 Å². The number of aliphatic hydroxyl groups is 2. The highest BCUT2D eigenvalue weighted by molar-refractivity contribution is 5.92. The Bertz CT molecular complexity index is 958. The first-order valence-electron chi connectivity index (χ1n) is 12.5. The van der Waals surface area contributed by atoms with Crippen molar-refractivity contribution in [1.29, 1.82) is 0 Å². The standard InChI is InChI=1S/C26H36O9/c1-5-33-22(30)19-8-11-26(32)18-7-10-25(31)12-17(29)6-9-24(25,14-34-15(2)27)21(18)20(35-16(3)28)13-23(19,26)4/h6,9,18-21,31-32H,5,7-8,10-14H2,1-4H3/t18-,19+,20-,21-,23-,24+,25+,26+/m1/s1. The molecule has 0 aliphatic heterocycles. The summed E-state index contributed by atoms with van der Waals surface area (Å²) in [6, 6.07) is 0. The maximum atomic E-state index is 12.9. The highest BCUT2D eigenvalue weighted by Crippen LogP contribution is 2.69. The summed E-state index contributed by atoms with van der Waals surface area (Å²) >= 11 is 0. The summed E-state index contributed by atoms with van der Waals surface area (Å²) in [6.07, 6.45) is 3.57. The zero-order chi connectivity index (χ0) is 25.8. The van der Waals surface area contributed by atoms with Gasteiger partial charge >= 0.3 is 17.9 Å². The van der Waals surface area contributed by atoms with Crippen LogP contribution in [0.1, 0.15) is 66.2 Å². The second-order valence-electron chi connectivity index (χ2n) is 11.0. The Morgan fingerprint density at radius 3 is 2.43 bits per heavy atom. The number of esters is 3. The van der Waals surface area contributed by atoms with Gasteiger partial charge in [-0.3, -0.25) is 19.2 Å². The number of carbonyl (C=O) groups excluding carboxylic acids is 4. The van der Waals surface area contributed by atoms with E-state index < -0.39 is 57.8 Å². The number of carbonyl (C=O) groups is 4. The molecule has 0 amide bonds. The van der Waals surface area contributed by atoms with E-state index in [4.69, 9.17) is 14.2 Å². The minimum Gasteiger partial charge on any atom is -0.466 e. The SMILES string of the molecule is CCOC(=O)[C@@H]1CC[C@]2(O)[C@@H]3CC[C@]4(O)CC(=O)C=C[C@]4(COC(C)=O)[C@H]3[C@H](OC(C)=O)C[C@]12C. The molecule has 4 rings (SSSR count). The van der Waals surface area contributed by atoms with Crippen molar-refractivity contribution >= 4 is 23.7 Å². The molecule has 2 N–H and O–H groups in total. The van der Waals surface area contributed by atoms with E-state index in [-0.39, 0.29) is 44.2 Å². The fraction of sp³-hybridized carbons (Fsp3) is 0.769. The zero-order valence-electron chi connectivity index (χ0n) is 20.9. The summed E-state index contributed by atoms with van der Waals surface area (Å²) in [5.74, 6) is -3.36. The Kier molecular flexibility index (Phi) is 6.41. The number of ether oxygens (including phenoxy) is 3. The van der Waals surface area contributed by atoms with Gasteiger partial charge in [0.05, 0.1) is 29.1 Å². The van der Waals surface area contributed by atoms with Gasteiger partial charge in [-0.05, 0) is 51.0 Å². The first-order valence-corrected chi connectivity index (χ1v) is 12.5. The molecule has 0 heterocycles. The third kappa shape index (κ3) is 3.73. The van der Waals surface area contributed by atoms with Crippen LogP contribution >= 0.6 is 0 Å². The van der Waals surface area contributed by atoms with Crippen LogP contribution in [0.5, 0.6) is 0 Å². The predicted molar refractivity (Wildman–Crippen MR) is 122 cm³/mol. The van der Waals surface area contributed by atoms with Crippen LogP contribution < -0.4 is 0 Å². The number of ketones is 1. The summed E-state index contributed by atoms with van der Waals surface area (Å²) in [5, 5.41) is 24.1. The first kappa shape index (κ1) is 25.8. The van der Waals surface area contributed by atoms with Crippen molar-refractivity contribution in [3.05, 3.63) is 12.2 Å². The molecule has 4 aliphatic rings. The molecule has 35 heavy (non-hydrogen) atoms. The lowest BCUT2D eigenvalue weighted by Crippen LogP contribution is -2.72. The molecule has 3 saturated carbocycles. The summed E-state index contributed by atoms with van der Waals surface area (Å²) in [5.41, 5.74) is -5.00. The maximum absolute atomic E-state index is 12.9. The van der Waals surface area contributed by atoms with Crippen LogP contribution in [-0.4, -0.2) is 64.4 Å². The molecule has 0 aromatic heterocycles. The van der Waals surface area contributed by atoms with Crippen molar-refractivity contribution in [2.24, 2.45) is 28.6 Å². The van der Waals surface area contributed by atoms with Gasteiger partial charge in [-0.15, -0.1) is 0 Å². The van der Waals surface area contributed by atoms with Gasteiger partial charge in [0.25, 0.3) is 0 Å². The van der Waals surface area contributed by atoms with Crippen molar-refractivity contribution in [3.63, 3.8) is 0 Å². The normalized spacial score (nSPS) is 44.0. The average Bonchev–Trinajstić information content (AvgIpc) is 3.02. The highest BCUT2D eigenvalue weighted by atomic mass is 16.5. The van der Waals surface area contributed by atoms with E-state index in [9.17, 15) is 29.4 Å². The van der Waals surface area contributed by atoms with Crippen molar-refractivity contribution in [2.45, 2.75) is 83.5 Å². The second kappa shape index (κ2) is 8.69. The molecule has 0 unspecified atom stereocenters. The molecule has 0 bridgehead atoms. The van der Waals surface area contributed by atoms with Gasteiger partial charge in [0, 0.05) is 31.6 Å². The largest absolute Gasteiger partial charge is 0.466 e. The lowest BCUT2D eigenvalue weighted by molar-refractivity contribution is -0.270. The second-order valence-corrected chi connectivity index (χ2v) is 11.0. The Morgan fingerprint density at radius 2 is 1.80 bits per heavy atom. The molecule has 3 fully saturated rings. The van der Waals surface area contributed by atoms with Crippen LogP contribution in [0.2, 0.25) is 0 Å². The first-order chi connectivity index (χ1) is 16.3. The van der Waals surface area contributed by atoms with Gasteiger partial charge in [-0.25, -0.2) is 0 Å². The zero-order valence-corrected chi connectivity index (χ0v) is 20.9. The van der Waals surface area contributed by atoms with Gasteiger partial charge in [0.2, 0.25) is 0 Å². The van der Waals surface area contributed by atoms with Crippen molar-refractivity contribution in [3.8, 4) is 0 Å². The molecule has 0 spiro atoms. The lowest BCUT2D eigenvalue weighted by atomic mass is 9.42. The predicted octanol–water partition coefficient (Wildman–Crippen LogP) is 1.87. The summed E-state index contributed by atoms with van der Waals surface area (Å²) in [7, 11) is 0. The van der Waals surface area contributed by atoms with E-state index in [0.29, 0.717) is 19.3 Å². The Balaban J connectivity index is 1.86. The third-order valence-electron chi connectivity index (χ3n) is 9.41. The summed E-state index contributed by atoms with van der Waals surface area (Å²) < 4.78 is 16.6. The average molecular weight is 493 g/mol. The van der Waals surface area contributed by atoms with E-state index in [1.54, 1.807) is 13.0 Å². The van der Waals surface area contributed by atoms with E-state index in [2.05, 4.69) is 0 Å². The molecule has 194 valence electrons. The molecule has 0 saturated heterocycles. The Labute approximate surface area is 205 Å². The fourth-order valence-corrected chi connectivity index (χ4v) is 7.90. The molecular formula is C26H36O9. The summed E-state index contributed by atoms with van der Waals surface area (Å²) in [4.78, 5) is 49.4. The van der Waals surface area contributed by atoms with Crippen LogP contribution in [-0.2, 0) is 33.4 Å². The molecular weight excluding hydrogens is 456 g/mol. The fourth-order valence-electron chi connectivity index (χ4n) is 7.90.